The van der Waals surface area contributed by atoms with Crippen molar-refractivity contribution in [2.45, 2.75) is 19.2 Å². The van der Waals surface area contributed by atoms with Gasteiger partial charge < -0.3 is 14.0 Å². The highest BCUT2D eigenvalue weighted by molar-refractivity contribution is 6.30. The lowest BCUT2D eigenvalue weighted by atomic mass is 10.1. The minimum absolute atomic E-state index is 0.0939. The molecular weight excluding hydrogens is 314 g/mol. The van der Waals surface area contributed by atoms with Crippen LogP contribution >= 0.6 is 11.6 Å². The lowest BCUT2D eigenvalue weighted by Gasteiger charge is -2.33. The maximum absolute atomic E-state index is 5.96. The SMILES string of the molecule is COCCn1cncc1CN1CCOC(c2ccc(Cl)cc2)C1. The molecule has 1 aliphatic heterocycles. The number of aromatic nitrogens is 2. The zero-order valence-electron chi connectivity index (χ0n) is 13.3. The minimum atomic E-state index is 0.0939. The summed E-state index contributed by atoms with van der Waals surface area (Å²) in [6.45, 7) is 4.93. The molecule has 1 atom stereocenters. The molecule has 6 heteroatoms. The van der Waals surface area contributed by atoms with E-state index in [1.165, 1.54) is 11.3 Å². The summed E-state index contributed by atoms with van der Waals surface area (Å²) in [6, 6.07) is 7.91. The Kier molecular flexibility index (Phi) is 5.67. The van der Waals surface area contributed by atoms with E-state index in [0.29, 0.717) is 6.61 Å². The van der Waals surface area contributed by atoms with Crippen LogP contribution in [0.15, 0.2) is 36.8 Å². The first-order valence-electron chi connectivity index (χ1n) is 7.83. The van der Waals surface area contributed by atoms with Gasteiger partial charge in [0.15, 0.2) is 0 Å². The summed E-state index contributed by atoms with van der Waals surface area (Å²) in [5.74, 6) is 0. The van der Waals surface area contributed by atoms with Crippen molar-refractivity contribution in [1.29, 1.82) is 0 Å². The smallest absolute Gasteiger partial charge is 0.0952 e. The van der Waals surface area contributed by atoms with E-state index in [9.17, 15) is 0 Å². The monoisotopic (exact) mass is 335 g/mol. The first-order chi connectivity index (χ1) is 11.3. The van der Waals surface area contributed by atoms with Crippen LogP contribution in [0.1, 0.15) is 17.4 Å². The zero-order chi connectivity index (χ0) is 16.1. The molecule has 5 nitrogen and oxygen atoms in total. The number of benzene rings is 1. The first-order valence-corrected chi connectivity index (χ1v) is 8.21. The third-order valence-corrected chi connectivity index (χ3v) is 4.36. The molecule has 124 valence electrons. The van der Waals surface area contributed by atoms with Crippen molar-refractivity contribution < 1.29 is 9.47 Å². The molecule has 0 bridgehead atoms. The lowest BCUT2D eigenvalue weighted by Crippen LogP contribution is -2.38. The van der Waals surface area contributed by atoms with Crippen molar-refractivity contribution in [2.75, 3.05) is 33.4 Å². The highest BCUT2D eigenvalue weighted by atomic mass is 35.5. The standard InChI is InChI=1S/C17H22ClN3O2/c1-22-8-7-21-13-19-10-16(21)11-20-6-9-23-17(12-20)14-2-4-15(18)5-3-14/h2-5,10,13,17H,6-9,11-12H2,1H3. The minimum Gasteiger partial charge on any atom is -0.383 e. The number of nitrogens with zero attached hydrogens (tertiary/aromatic N) is 3. The molecule has 1 aliphatic rings. The Bertz CT molecular complexity index is 615. The maximum atomic E-state index is 5.96. The van der Waals surface area contributed by atoms with Crippen molar-refractivity contribution in [3.8, 4) is 0 Å². The summed E-state index contributed by atoms with van der Waals surface area (Å²) >= 11 is 5.96. The fourth-order valence-electron chi connectivity index (χ4n) is 2.83. The molecule has 0 N–H and O–H groups in total. The molecule has 3 rings (SSSR count). The number of halogens is 1. The Balaban J connectivity index is 1.62. The van der Waals surface area contributed by atoms with Crippen LogP contribution in [0, 0.1) is 0 Å². The van der Waals surface area contributed by atoms with E-state index in [-0.39, 0.29) is 6.10 Å². The van der Waals surface area contributed by atoms with E-state index in [4.69, 9.17) is 21.1 Å². The Hall–Kier alpha value is -1.40. The van der Waals surface area contributed by atoms with Gasteiger partial charge >= 0.3 is 0 Å². The van der Waals surface area contributed by atoms with Gasteiger partial charge in [0.1, 0.15) is 0 Å². The molecule has 1 fully saturated rings. The van der Waals surface area contributed by atoms with Crippen LogP contribution in [-0.4, -0.2) is 47.9 Å². The Morgan fingerprint density at radius 3 is 2.96 bits per heavy atom. The van der Waals surface area contributed by atoms with E-state index in [2.05, 4.69) is 14.5 Å². The highest BCUT2D eigenvalue weighted by Crippen LogP contribution is 2.24. The fourth-order valence-corrected chi connectivity index (χ4v) is 2.95. The molecule has 1 unspecified atom stereocenters. The molecule has 23 heavy (non-hydrogen) atoms. The molecule has 2 aromatic rings. The average molecular weight is 336 g/mol. The maximum Gasteiger partial charge on any atom is 0.0952 e. The van der Waals surface area contributed by atoms with Gasteiger partial charge in [0.05, 0.1) is 31.3 Å². The van der Waals surface area contributed by atoms with Crippen LogP contribution in [0.25, 0.3) is 0 Å². The average Bonchev–Trinajstić information content (AvgIpc) is 3.01. The van der Waals surface area contributed by atoms with Crippen LogP contribution < -0.4 is 0 Å². The predicted molar refractivity (Wildman–Crippen MR) is 89.5 cm³/mol. The quantitative estimate of drug-likeness (QED) is 0.813. The fraction of sp³-hybridized carbons (Fsp3) is 0.471. The van der Waals surface area contributed by atoms with Gasteiger partial charge in [-0.1, -0.05) is 23.7 Å². The second kappa shape index (κ2) is 7.93. The summed E-state index contributed by atoms with van der Waals surface area (Å²) in [4.78, 5) is 6.67. The van der Waals surface area contributed by atoms with Gasteiger partial charge in [-0.15, -0.1) is 0 Å². The molecular formula is C17H22ClN3O2. The van der Waals surface area contributed by atoms with E-state index in [0.717, 1.165) is 37.8 Å². The number of morpholine rings is 1. The number of hydrogen-bond donors (Lipinski definition) is 0. The van der Waals surface area contributed by atoms with Crippen LogP contribution in [0.3, 0.4) is 0 Å². The summed E-state index contributed by atoms with van der Waals surface area (Å²) in [5, 5.41) is 0.753. The van der Waals surface area contributed by atoms with Gasteiger partial charge in [-0.05, 0) is 17.7 Å². The van der Waals surface area contributed by atoms with Crippen LogP contribution in [0.2, 0.25) is 5.02 Å². The molecule has 0 radical (unpaired) electrons. The second-order valence-electron chi connectivity index (χ2n) is 5.72. The Morgan fingerprint density at radius 2 is 2.17 bits per heavy atom. The molecule has 0 amide bonds. The predicted octanol–water partition coefficient (Wildman–Crippen LogP) is 2.76. The van der Waals surface area contributed by atoms with Gasteiger partial charge in [-0.25, -0.2) is 4.98 Å². The van der Waals surface area contributed by atoms with Crippen molar-refractivity contribution in [3.63, 3.8) is 0 Å². The molecule has 0 aliphatic carbocycles. The van der Waals surface area contributed by atoms with Crippen molar-refractivity contribution in [3.05, 3.63) is 53.1 Å². The lowest BCUT2D eigenvalue weighted by molar-refractivity contribution is -0.0336. The highest BCUT2D eigenvalue weighted by Gasteiger charge is 2.22. The third kappa shape index (κ3) is 4.32. The normalized spacial score (nSPS) is 19.1. The molecule has 0 spiro atoms. The number of imidazole rings is 1. The molecule has 0 saturated carbocycles. The van der Waals surface area contributed by atoms with E-state index in [1.807, 2.05) is 36.8 Å². The van der Waals surface area contributed by atoms with Crippen LogP contribution in [0.5, 0.6) is 0 Å². The molecule has 2 heterocycles. The molecule has 1 aromatic heterocycles. The van der Waals surface area contributed by atoms with Gasteiger partial charge in [-0.3, -0.25) is 4.90 Å². The third-order valence-electron chi connectivity index (χ3n) is 4.11. The van der Waals surface area contributed by atoms with Crippen LogP contribution in [-0.2, 0) is 22.6 Å². The number of rotatable bonds is 6. The van der Waals surface area contributed by atoms with E-state index >= 15 is 0 Å². The van der Waals surface area contributed by atoms with E-state index in [1.54, 1.807) is 7.11 Å². The molecule has 1 aromatic carbocycles. The summed E-state index contributed by atoms with van der Waals surface area (Å²) < 4.78 is 13.2. The largest absolute Gasteiger partial charge is 0.383 e. The first kappa shape index (κ1) is 16.5. The number of hydrogen-bond acceptors (Lipinski definition) is 4. The summed E-state index contributed by atoms with van der Waals surface area (Å²) in [5.41, 5.74) is 2.38. The van der Waals surface area contributed by atoms with Gasteiger partial charge in [0.25, 0.3) is 0 Å². The topological polar surface area (TPSA) is 39.5 Å². The summed E-state index contributed by atoms with van der Waals surface area (Å²) in [6.07, 6.45) is 3.89. The number of ether oxygens (including phenoxy) is 2. The Labute approximate surface area is 141 Å². The number of methoxy groups -OCH3 is 1. The second-order valence-corrected chi connectivity index (χ2v) is 6.15. The van der Waals surface area contributed by atoms with Crippen LogP contribution in [0.4, 0.5) is 0 Å². The van der Waals surface area contributed by atoms with Crippen molar-refractivity contribution in [2.24, 2.45) is 0 Å². The van der Waals surface area contributed by atoms with Gasteiger partial charge in [0.2, 0.25) is 0 Å². The molecule has 1 saturated heterocycles. The van der Waals surface area contributed by atoms with E-state index < -0.39 is 0 Å². The van der Waals surface area contributed by atoms with Crippen molar-refractivity contribution >= 4 is 11.6 Å². The summed E-state index contributed by atoms with van der Waals surface area (Å²) in [7, 11) is 1.72. The Morgan fingerprint density at radius 1 is 1.35 bits per heavy atom. The van der Waals surface area contributed by atoms with Gasteiger partial charge in [-0.2, -0.15) is 0 Å². The van der Waals surface area contributed by atoms with Gasteiger partial charge in [0, 0.05) is 44.5 Å². The zero-order valence-corrected chi connectivity index (χ0v) is 14.1. The van der Waals surface area contributed by atoms with Crippen molar-refractivity contribution in [1.82, 2.24) is 14.5 Å².